The van der Waals surface area contributed by atoms with Crippen LogP contribution in [0.1, 0.15) is 32.1 Å². The first-order valence-electron chi connectivity index (χ1n) is 11.1. The van der Waals surface area contributed by atoms with Gasteiger partial charge in [-0.15, -0.1) is 0 Å². The zero-order valence-corrected chi connectivity index (χ0v) is 17.6. The largest absolute Gasteiger partial charge is 0.483 e. The molecule has 1 aliphatic carbocycles. The van der Waals surface area contributed by atoms with E-state index in [1.54, 1.807) is 0 Å². The van der Waals surface area contributed by atoms with Gasteiger partial charge in [0.1, 0.15) is 5.75 Å². The molecule has 2 aliphatic rings. The quantitative estimate of drug-likeness (QED) is 0.755. The molecule has 0 atom stereocenters. The van der Waals surface area contributed by atoms with Crippen LogP contribution in [0.3, 0.4) is 0 Å². The van der Waals surface area contributed by atoms with Gasteiger partial charge in [-0.25, -0.2) is 0 Å². The molecule has 1 aliphatic heterocycles. The molecule has 1 saturated carbocycles. The van der Waals surface area contributed by atoms with Crippen molar-refractivity contribution in [3.63, 3.8) is 0 Å². The number of para-hydroxylation sites is 1. The Morgan fingerprint density at radius 1 is 0.967 bits per heavy atom. The van der Waals surface area contributed by atoms with Crippen molar-refractivity contribution in [3.05, 3.63) is 54.6 Å². The van der Waals surface area contributed by atoms with Crippen LogP contribution in [0.4, 0.5) is 0 Å². The number of ether oxygens (including phenoxy) is 2. The molecule has 0 bridgehead atoms. The Morgan fingerprint density at radius 2 is 1.67 bits per heavy atom. The molecular formula is C25H32N2O3. The van der Waals surface area contributed by atoms with E-state index in [1.165, 1.54) is 19.3 Å². The minimum Gasteiger partial charge on any atom is -0.483 e. The van der Waals surface area contributed by atoms with Crippen LogP contribution in [0.2, 0.25) is 0 Å². The number of carbonyl (C=O) groups is 1. The summed E-state index contributed by atoms with van der Waals surface area (Å²) in [6.07, 6.45) is 6.04. The van der Waals surface area contributed by atoms with Crippen molar-refractivity contribution in [1.29, 1.82) is 0 Å². The molecule has 5 heteroatoms. The zero-order valence-electron chi connectivity index (χ0n) is 17.6. The zero-order chi connectivity index (χ0) is 20.7. The van der Waals surface area contributed by atoms with Gasteiger partial charge in [0.15, 0.2) is 6.61 Å². The van der Waals surface area contributed by atoms with Gasteiger partial charge < -0.3 is 14.8 Å². The monoisotopic (exact) mass is 408 g/mol. The van der Waals surface area contributed by atoms with E-state index in [4.69, 9.17) is 9.47 Å². The van der Waals surface area contributed by atoms with E-state index in [2.05, 4.69) is 22.3 Å². The average molecular weight is 409 g/mol. The fraction of sp³-hybridized carbons (Fsp3) is 0.480. The normalized spacial score (nSPS) is 19.2. The summed E-state index contributed by atoms with van der Waals surface area (Å²) in [6, 6.07) is 18.0. The Bertz CT molecular complexity index is 812. The summed E-state index contributed by atoms with van der Waals surface area (Å²) in [6.45, 7) is 4.20. The van der Waals surface area contributed by atoms with Crippen molar-refractivity contribution in [3.8, 4) is 16.9 Å². The second-order valence-corrected chi connectivity index (χ2v) is 8.31. The molecule has 4 rings (SSSR count). The molecule has 0 spiro atoms. The molecule has 1 N–H and O–H groups in total. The van der Waals surface area contributed by atoms with Crippen LogP contribution in [0.25, 0.3) is 11.1 Å². The number of rotatable bonds is 7. The van der Waals surface area contributed by atoms with Gasteiger partial charge in [-0.3, -0.25) is 9.69 Å². The number of nitrogens with one attached hydrogen (secondary N) is 1. The summed E-state index contributed by atoms with van der Waals surface area (Å²) in [7, 11) is 0. The third-order valence-electron chi connectivity index (χ3n) is 6.41. The van der Waals surface area contributed by atoms with E-state index in [-0.39, 0.29) is 18.1 Å². The molecule has 160 valence electrons. The van der Waals surface area contributed by atoms with Crippen LogP contribution >= 0.6 is 0 Å². The number of benzene rings is 2. The summed E-state index contributed by atoms with van der Waals surface area (Å²) in [4.78, 5) is 15.2. The third kappa shape index (κ3) is 5.02. The van der Waals surface area contributed by atoms with E-state index in [0.29, 0.717) is 6.54 Å². The summed E-state index contributed by atoms with van der Waals surface area (Å²) >= 11 is 0. The lowest BCUT2D eigenvalue weighted by atomic mass is 9.79. The maximum absolute atomic E-state index is 12.7. The van der Waals surface area contributed by atoms with Crippen molar-refractivity contribution in [1.82, 2.24) is 10.2 Å². The smallest absolute Gasteiger partial charge is 0.258 e. The van der Waals surface area contributed by atoms with Crippen molar-refractivity contribution in [2.75, 3.05) is 39.5 Å². The lowest BCUT2D eigenvalue weighted by Crippen LogP contribution is -2.60. The van der Waals surface area contributed by atoms with Gasteiger partial charge in [-0.1, -0.05) is 67.8 Å². The predicted molar refractivity (Wildman–Crippen MR) is 119 cm³/mol. The van der Waals surface area contributed by atoms with E-state index >= 15 is 0 Å². The third-order valence-corrected chi connectivity index (χ3v) is 6.41. The standard InChI is InChI=1S/C25H32N2O3/c28-24(19-30-23-12-6-5-11-22(23)21-9-3-1-4-10-21)26-20-25(13-7-2-8-14-25)27-15-17-29-18-16-27/h1,3-6,9-12H,2,7-8,13-20H2,(H,26,28). The topological polar surface area (TPSA) is 50.8 Å². The van der Waals surface area contributed by atoms with Gasteiger partial charge in [-0.2, -0.15) is 0 Å². The Hall–Kier alpha value is -2.37. The molecule has 0 radical (unpaired) electrons. The van der Waals surface area contributed by atoms with Crippen LogP contribution in [-0.2, 0) is 9.53 Å². The van der Waals surface area contributed by atoms with E-state index in [0.717, 1.165) is 56.0 Å². The highest BCUT2D eigenvalue weighted by atomic mass is 16.5. The van der Waals surface area contributed by atoms with Crippen molar-refractivity contribution < 1.29 is 14.3 Å². The highest BCUT2D eigenvalue weighted by Crippen LogP contribution is 2.34. The molecule has 1 amide bonds. The lowest BCUT2D eigenvalue weighted by molar-refractivity contribution is -0.124. The minimum atomic E-state index is -0.0592. The SMILES string of the molecule is O=C(COc1ccccc1-c1ccccc1)NCC1(N2CCOCC2)CCCCC1. The summed E-state index contributed by atoms with van der Waals surface area (Å²) in [5.41, 5.74) is 2.16. The molecule has 2 aromatic carbocycles. The average Bonchev–Trinajstić information content (AvgIpc) is 2.83. The van der Waals surface area contributed by atoms with Crippen LogP contribution in [-0.4, -0.2) is 55.8 Å². The van der Waals surface area contributed by atoms with Gasteiger partial charge in [0.2, 0.25) is 0 Å². The van der Waals surface area contributed by atoms with Crippen LogP contribution in [0.5, 0.6) is 5.75 Å². The second-order valence-electron chi connectivity index (χ2n) is 8.31. The molecule has 30 heavy (non-hydrogen) atoms. The molecule has 1 heterocycles. The van der Waals surface area contributed by atoms with E-state index in [9.17, 15) is 4.79 Å². The molecule has 2 aromatic rings. The second kappa shape index (κ2) is 10.1. The first-order chi connectivity index (χ1) is 14.8. The Morgan fingerprint density at radius 3 is 2.43 bits per heavy atom. The summed E-state index contributed by atoms with van der Waals surface area (Å²) in [5, 5.41) is 3.17. The van der Waals surface area contributed by atoms with E-state index in [1.807, 2.05) is 42.5 Å². The Balaban J connectivity index is 1.36. The van der Waals surface area contributed by atoms with Crippen LogP contribution in [0, 0.1) is 0 Å². The molecule has 5 nitrogen and oxygen atoms in total. The van der Waals surface area contributed by atoms with Gasteiger partial charge in [0.05, 0.1) is 13.2 Å². The molecule has 1 saturated heterocycles. The summed E-state index contributed by atoms with van der Waals surface area (Å²) in [5.74, 6) is 0.676. The van der Waals surface area contributed by atoms with Gasteiger partial charge in [-0.05, 0) is 24.5 Å². The first kappa shape index (κ1) is 20.9. The molecular weight excluding hydrogens is 376 g/mol. The Kier molecular flexibility index (Phi) is 7.03. The van der Waals surface area contributed by atoms with Crippen LogP contribution in [0.15, 0.2) is 54.6 Å². The van der Waals surface area contributed by atoms with Crippen molar-refractivity contribution in [2.45, 2.75) is 37.6 Å². The lowest BCUT2D eigenvalue weighted by Gasteiger charge is -2.48. The summed E-state index contributed by atoms with van der Waals surface area (Å²) < 4.78 is 11.5. The van der Waals surface area contributed by atoms with Crippen LogP contribution < -0.4 is 10.1 Å². The number of carbonyl (C=O) groups excluding carboxylic acids is 1. The molecule has 0 unspecified atom stereocenters. The fourth-order valence-electron chi connectivity index (χ4n) is 4.76. The molecule has 2 fully saturated rings. The minimum absolute atomic E-state index is 0.0308. The van der Waals surface area contributed by atoms with Crippen molar-refractivity contribution in [2.24, 2.45) is 0 Å². The number of hydrogen-bond donors (Lipinski definition) is 1. The van der Waals surface area contributed by atoms with Gasteiger partial charge in [0.25, 0.3) is 5.91 Å². The van der Waals surface area contributed by atoms with Crippen molar-refractivity contribution >= 4 is 5.91 Å². The number of hydrogen-bond acceptors (Lipinski definition) is 4. The maximum Gasteiger partial charge on any atom is 0.258 e. The predicted octanol–water partition coefficient (Wildman–Crippen LogP) is 3.88. The number of morpholine rings is 1. The first-order valence-corrected chi connectivity index (χ1v) is 11.1. The fourth-order valence-corrected chi connectivity index (χ4v) is 4.76. The van der Waals surface area contributed by atoms with Gasteiger partial charge in [0, 0.05) is 30.7 Å². The number of amides is 1. The maximum atomic E-state index is 12.7. The number of nitrogens with zero attached hydrogens (tertiary/aromatic N) is 1. The van der Waals surface area contributed by atoms with E-state index < -0.39 is 0 Å². The molecule has 0 aromatic heterocycles. The highest BCUT2D eigenvalue weighted by Gasteiger charge is 2.38. The van der Waals surface area contributed by atoms with Gasteiger partial charge >= 0.3 is 0 Å². The highest BCUT2D eigenvalue weighted by molar-refractivity contribution is 5.78. The Labute approximate surface area is 179 Å².